The number of hydrogen-bond donors (Lipinski definition) is 1. The zero-order valence-electron chi connectivity index (χ0n) is 12.7. The maximum Gasteiger partial charge on any atom is 0.336 e. The Morgan fingerprint density at radius 3 is 2.70 bits per heavy atom. The highest BCUT2D eigenvalue weighted by Gasteiger charge is 2.18. The standard InChI is InChI=1S/C15H16N6O2/c1-11(14(22)17-13-8-9-20(2)18-13)23-15-16-10-21(19-15)12-6-4-3-5-7-12/h3-11H,1-2H3,(H,17,18,22). The lowest BCUT2D eigenvalue weighted by atomic mass is 10.3. The van der Waals surface area contributed by atoms with Crippen molar-refractivity contribution >= 4 is 11.7 Å². The number of para-hydroxylation sites is 1. The molecule has 0 aliphatic rings. The molecule has 0 aliphatic heterocycles. The zero-order chi connectivity index (χ0) is 16.2. The predicted octanol–water partition coefficient (Wildman–Crippen LogP) is 1.41. The van der Waals surface area contributed by atoms with Crippen molar-refractivity contribution in [3.05, 3.63) is 48.9 Å². The average molecular weight is 312 g/mol. The molecule has 0 saturated carbocycles. The van der Waals surface area contributed by atoms with E-state index in [1.165, 1.54) is 6.33 Å². The topological polar surface area (TPSA) is 86.9 Å². The first-order valence-corrected chi connectivity index (χ1v) is 7.06. The first-order valence-electron chi connectivity index (χ1n) is 7.06. The van der Waals surface area contributed by atoms with Crippen LogP contribution in [0.15, 0.2) is 48.9 Å². The molecular weight excluding hydrogens is 296 g/mol. The molecule has 0 aliphatic carbocycles. The number of rotatable bonds is 5. The monoisotopic (exact) mass is 312 g/mol. The molecule has 0 bridgehead atoms. The first-order chi connectivity index (χ1) is 11.1. The number of carbonyl (C=O) groups excluding carboxylic acids is 1. The minimum atomic E-state index is -0.747. The average Bonchev–Trinajstić information content (AvgIpc) is 3.17. The van der Waals surface area contributed by atoms with Gasteiger partial charge in [0.15, 0.2) is 11.9 Å². The van der Waals surface area contributed by atoms with Gasteiger partial charge in [0, 0.05) is 19.3 Å². The molecule has 1 amide bonds. The second-order valence-electron chi connectivity index (χ2n) is 4.93. The van der Waals surface area contributed by atoms with Gasteiger partial charge in [-0.25, -0.2) is 4.68 Å². The second kappa shape index (κ2) is 6.30. The minimum Gasteiger partial charge on any atom is -0.449 e. The van der Waals surface area contributed by atoms with E-state index in [4.69, 9.17) is 4.74 Å². The van der Waals surface area contributed by atoms with Crippen molar-refractivity contribution < 1.29 is 9.53 Å². The number of aromatic nitrogens is 5. The highest BCUT2D eigenvalue weighted by atomic mass is 16.5. The molecule has 118 valence electrons. The van der Waals surface area contributed by atoms with Crippen molar-refractivity contribution in [3.63, 3.8) is 0 Å². The number of benzene rings is 1. The SMILES string of the molecule is CC(Oc1ncn(-c2ccccc2)n1)C(=O)Nc1ccn(C)n1. The highest BCUT2D eigenvalue weighted by Crippen LogP contribution is 2.10. The zero-order valence-corrected chi connectivity index (χ0v) is 12.7. The van der Waals surface area contributed by atoms with Gasteiger partial charge in [-0.2, -0.15) is 10.1 Å². The molecule has 0 radical (unpaired) electrons. The smallest absolute Gasteiger partial charge is 0.336 e. The Morgan fingerprint density at radius 1 is 1.22 bits per heavy atom. The highest BCUT2D eigenvalue weighted by molar-refractivity contribution is 5.93. The lowest BCUT2D eigenvalue weighted by Crippen LogP contribution is -2.30. The van der Waals surface area contributed by atoms with Gasteiger partial charge in [-0.15, -0.1) is 5.10 Å². The summed E-state index contributed by atoms with van der Waals surface area (Å²) in [5.74, 6) is 0.149. The Morgan fingerprint density at radius 2 is 2.00 bits per heavy atom. The van der Waals surface area contributed by atoms with E-state index in [9.17, 15) is 4.79 Å². The summed E-state index contributed by atoms with van der Waals surface area (Å²) in [5, 5.41) is 10.9. The molecule has 8 nitrogen and oxygen atoms in total. The van der Waals surface area contributed by atoms with Crippen LogP contribution in [0.2, 0.25) is 0 Å². The molecule has 1 atom stereocenters. The molecule has 3 aromatic rings. The molecule has 2 aromatic heterocycles. The molecule has 1 aromatic carbocycles. The molecule has 8 heteroatoms. The molecule has 0 saturated heterocycles. The number of anilines is 1. The van der Waals surface area contributed by atoms with Crippen LogP contribution in [0.5, 0.6) is 6.01 Å². The van der Waals surface area contributed by atoms with E-state index in [2.05, 4.69) is 20.5 Å². The summed E-state index contributed by atoms with van der Waals surface area (Å²) in [6.45, 7) is 1.63. The van der Waals surface area contributed by atoms with Gasteiger partial charge in [-0.05, 0) is 19.1 Å². The summed E-state index contributed by atoms with van der Waals surface area (Å²) in [5.41, 5.74) is 0.862. The lowest BCUT2D eigenvalue weighted by molar-refractivity contribution is -0.122. The van der Waals surface area contributed by atoms with Gasteiger partial charge in [-0.1, -0.05) is 18.2 Å². The third-order valence-electron chi connectivity index (χ3n) is 3.11. The largest absolute Gasteiger partial charge is 0.449 e. The van der Waals surface area contributed by atoms with Gasteiger partial charge >= 0.3 is 6.01 Å². The lowest BCUT2D eigenvalue weighted by Gasteiger charge is -2.10. The van der Waals surface area contributed by atoms with Crippen LogP contribution in [0.1, 0.15) is 6.92 Å². The first kappa shape index (κ1) is 14.8. The molecule has 23 heavy (non-hydrogen) atoms. The van der Waals surface area contributed by atoms with Crippen LogP contribution in [0, 0.1) is 0 Å². The molecule has 1 unspecified atom stereocenters. The fourth-order valence-corrected chi connectivity index (χ4v) is 1.93. The number of carbonyl (C=O) groups is 1. The third-order valence-corrected chi connectivity index (χ3v) is 3.11. The van der Waals surface area contributed by atoms with E-state index in [1.54, 1.807) is 35.6 Å². The Labute approximate surface area is 132 Å². The van der Waals surface area contributed by atoms with Crippen molar-refractivity contribution in [1.29, 1.82) is 0 Å². The number of hydrogen-bond acceptors (Lipinski definition) is 5. The van der Waals surface area contributed by atoms with Gasteiger partial charge in [-0.3, -0.25) is 9.48 Å². The molecule has 1 N–H and O–H groups in total. The van der Waals surface area contributed by atoms with E-state index in [-0.39, 0.29) is 11.9 Å². The van der Waals surface area contributed by atoms with Crippen LogP contribution in [0.3, 0.4) is 0 Å². The van der Waals surface area contributed by atoms with Crippen molar-refractivity contribution in [1.82, 2.24) is 24.5 Å². The van der Waals surface area contributed by atoms with E-state index in [1.807, 2.05) is 30.3 Å². The van der Waals surface area contributed by atoms with E-state index in [0.29, 0.717) is 5.82 Å². The van der Waals surface area contributed by atoms with Gasteiger partial charge in [0.2, 0.25) is 0 Å². The van der Waals surface area contributed by atoms with Crippen LogP contribution in [0.25, 0.3) is 5.69 Å². The number of nitrogens with zero attached hydrogens (tertiary/aromatic N) is 5. The quantitative estimate of drug-likeness (QED) is 0.769. The van der Waals surface area contributed by atoms with Crippen LogP contribution >= 0.6 is 0 Å². The molecule has 0 fully saturated rings. The fraction of sp³-hybridized carbons (Fsp3) is 0.200. The Hall–Kier alpha value is -3.16. The van der Waals surface area contributed by atoms with E-state index < -0.39 is 6.10 Å². The third kappa shape index (κ3) is 3.54. The van der Waals surface area contributed by atoms with Crippen LogP contribution in [-0.4, -0.2) is 36.6 Å². The van der Waals surface area contributed by atoms with E-state index in [0.717, 1.165) is 5.69 Å². The Balaban J connectivity index is 1.62. The molecular formula is C15H16N6O2. The Bertz CT molecular complexity index is 795. The minimum absolute atomic E-state index is 0.137. The van der Waals surface area contributed by atoms with Crippen molar-refractivity contribution in [2.45, 2.75) is 13.0 Å². The summed E-state index contributed by atoms with van der Waals surface area (Å²) in [6.07, 6.45) is 2.53. The van der Waals surface area contributed by atoms with Crippen LogP contribution in [-0.2, 0) is 11.8 Å². The fourth-order valence-electron chi connectivity index (χ4n) is 1.93. The summed E-state index contributed by atoms with van der Waals surface area (Å²) < 4.78 is 8.65. The maximum atomic E-state index is 12.1. The number of aryl methyl sites for hydroxylation is 1. The summed E-state index contributed by atoms with van der Waals surface area (Å²) in [7, 11) is 1.77. The number of nitrogens with one attached hydrogen (secondary N) is 1. The van der Waals surface area contributed by atoms with Gasteiger partial charge < -0.3 is 10.1 Å². The summed E-state index contributed by atoms with van der Waals surface area (Å²) in [4.78, 5) is 16.1. The molecule has 2 heterocycles. The maximum absolute atomic E-state index is 12.1. The van der Waals surface area contributed by atoms with Gasteiger partial charge in [0.1, 0.15) is 6.33 Å². The molecule has 0 spiro atoms. The van der Waals surface area contributed by atoms with Crippen molar-refractivity contribution in [3.8, 4) is 11.7 Å². The van der Waals surface area contributed by atoms with Gasteiger partial charge in [0.05, 0.1) is 5.69 Å². The summed E-state index contributed by atoms with van der Waals surface area (Å²) >= 11 is 0. The Kier molecular flexibility index (Phi) is 4.05. The van der Waals surface area contributed by atoms with Crippen LogP contribution in [0.4, 0.5) is 5.82 Å². The predicted molar refractivity (Wildman–Crippen MR) is 83.3 cm³/mol. The second-order valence-corrected chi connectivity index (χ2v) is 4.93. The molecule has 3 rings (SSSR count). The van der Waals surface area contributed by atoms with Crippen molar-refractivity contribution in [2.75, 3.05) is 5.32 Å². The van der Waals surface area contributed by atoms with Crippen LogP contribution < -0.4 is 10.1 Å². The number of amides is 1. The van der Waals surface area contributed by atoms with Crippen molar-refractivity contribution in [2.24, 2.45) is 7.05 Å². The van der Waals surface area contributed by atoms with E-state index >= 15 is 0 Å². The number of ether oxygens (including phenoxy) is 1. The normalized spacial score (nSPS) is 11.9. The summed E-state index contributed by atoms with van der Waals surface area (Å²) in [6, 6.07) is 11.4. The van der Waals surface area contributed by atoms with Gasteiger partial charge in [0.25, 0.3) is 5.91 Å².